The van der Waals surface area contributed by atoms with E-state index in [0.29, 0.717) is 42.0 Å². The number of anilines is 3. The second-order valence-corrected chi connectivity index (χ2v) is 15.8. The summed E-state index contributed by atoms with van der Waals surface area (Å²) < 4.78 is 2.09. The standard InChI is InChI=1S/C38H45N9O3Si/c1-51-38(46-21-20-45(31-7-3-4-8-32(31)46)33-10-11-35(49)41-37(33)50)16-12-26(13-17-38)44-18-14-27(15-19-44)47-24-25(23-40-47)29-22-30(42-43-36(29)39)28-6-2-5-9-34(28)48/h2-9,22-24,26-27,33,48H,10-21H2,1H3,(H2,39,43)(H,41,49,50)/t26?,33-,38?/m0/s1. The highest BCUT2D eigenvalue weighted by atomic mass is 28.2. The van der Waals surface area contributed by atoms with Gasteiger partial charge in [0.1, 0.15) is 11.8 Å². The average molecular weight is 704 g/mol. The molecule has 0 bridgehead atoms. The summed E-state index contributed by atoms with van der Waals surface area (Å²) >= 11 is 0. The summed E-state index contributed by atoms with van der Waals surface area (Å²) in [6.07, 6.45) is 11.6. The average Bonchev–Trinajstić information content (AvgIpc) is 3.66. The van der Waals surface area contributed by atoms with Gasteiger partial charge in [0.15, 0.2) is 5.82 Å². The van der Waals surface area contributed by atoms with E-state index in [1.807, 2.05) is 24.4 Å². The van der Waals surface area contributed by atoms with Gasteiger partial charge < -0.3 is 25.5 Å². The van der Waals surface area contributed by atoms with Crippen molar-refractivity contribution in [3.05, 3.63) is 67.0 Å². The fourth-order valence-corrected chi connectivity index (χ4v) is 10.2. The molecule has 2 amide bonds. The Hall–Kier alpha value is -4.75. The van der Waals surface area contributed by atoms with Gasteiger partial charge in [-0.05, 0) is 75.3 Å². The van der Waals surface area contributed by atoms with Gasteiger partial charge in [-0.3, -0.25) is 19.6 Å². The van der Waals surface area contributed by atoms with Crippen molar-refractivity contribution in [3.63, 3.8) is 0 Å². The van der Waals surface area contributed by atoms with Crippen LogP contribution in [0.2, 0.25) is 6.55 Å². The molecular weight excluding hydrogens is 659 g/mol. The predicted octanol–water partition coefficient (Wildman–Crippen LogP) is 4.45. The molecule has 3 aliphatic heterocycles. The molecule has 2 radical (unpaired) electrons. The van der Waals surface area contributed by atoms with Crippen LogP contribution in [0, 0.1) is 0 Å². The minimum atomic E-state index is -0.299. The number of nitrogens with one attached hydrogen (secondary N) is 1. The molecule has 1 saturated carbocycles. The Morgan fingerprint density at radius 3 is 2.37 bits per heavy atom. The Morgan fingerprint density at radius 1 is 0.882 bits per heavy atom. The maximum Gasteiger partial charge on any atom is 0.249 e. The SMILES string of the molecule is C[Si]C1(N2CCN([C@H]3CCC(=O)NC3=O)c3ccccc32)CCC(N2CCC(n3cc(-c4cc(-c5ccccc5O)nnc4N)cn3)CC2)CC1. The normalized spacial score (nSPS) is 24.7. The van der Waals surface area contributed by atoms with Gasteiger partial charge in [0, 0.05) is 66.7 Å². The number of nitrogen functional groups attached to an aromatic ring is 1. The van der Waals surface area contributed by atoms with E-state index >= 15 is 0 Å². The van der Waals surface area contributed by atoms with Gasteiger partial charge in [-0.15, -0.1) is 10.2 Å². The fraction of sp³-hybridized carbons (Fsp3) is 0.447. The van der Waals surface area contributed by atoms with Crippen LogP contribution in [0.15, 0.2) is 67.0 Å². The highest BCUT2D eigenvalue weighted by Gasteiger charge is 2.44. The third-order valence-electron chi connectivity index (χ3n) is 11.7. The third kappa shape index (κ3) is 6.26. The highest BCUT2D eigenvalue weighted by molar-refractivity contribution is 6.39. The van der Waals surface area contributed by atoms with Crippen molar-refractivity contribution in [3.8, 4) is 28.1 Å². The number of benzene rings is 2. The fourth-order valence-electron chi connectivity index (χ4n) is 8.88. The van der Waals surface area contributed by atoms with E-state index in [9.17, 15) is 14.7 Å². The molecule has 3 fully saturated rings. The monoisotopic (exact) mass is 703 g/mol. The lowest BCUT2D eigenvalue weighted by molar-refractivity contribution is -0.134. The summed E-state index contributed by atoms with van der Waals surface area (Å²) in [5.74, 6) is 0.147. The van der Waals surface area contributed by atoms with Crippen LogP contribution in [-0.4, -0.2) is 94.7 Å². The lowest BCUT2D eigenvalue weighted by Gasteiger charge is -2.54. The van der Waals surface area contributed by atoms with E-state index in [2.05, 4.69) is 71.9 Å². The number of amides is 2. The van der Waals surface area contributed by atoms with Gasteiger partial charge >= 0.3 is 0 Å². The topological polar surface area (TPSA) is 146 Å². The Labute approximate surface area is 300 Å². The molecule has 13 heteroatoms. The first-order valence-electron chi connectivity index (χ1n) is 18.2. The molecule has 5 heterocycles. The number of nitrogens with zero attached hydrogens (tertiary/aromatic N) is 7. The summed E-state index contributed by atoms with van der Waals surface area (Å²) in [5, 5.41) is 26.2. The molecule has 1 aliphatic carbocycles. The minimum absolute atomic E-state index is 0.121. The van der Waals surface area contributed by atoms with Gasteiger partial charge in [-0.2, -0.15) is 5.10 Å². The van der Waals surface area contributed by atoms with Crippen LogP contribution in [0.4, 0.5) is 17.2 Å². The van der Waals surface area contributed by atoms with E-state index in [1.54, 1.807) is 12.1 Å². The maximum absolute atomic E-state index is 12.8. The number of fused-ring (bicyclic) bond motifs is 1. The number of carbonyl (C=O) groups excluding carboxylic acids is 2. The minimum Gasteiger partial charge on any atom is -0.507 e. The summed E-state index contributed by atoms with van der Waals surface area (Å²) in [4.78, 5) is 32.3. The van der Waals surface area contributed by atoms with E-state index in [1.165, 1.54) is 18.5 Å². The maximum atomic E-state index is 12.8. The summed E-state index contributed by atoms with van der Waals surface area (Å²) in [6, 6.07) is 18.1. The quantitative estimate of drug-likeness (QED) is 0.186. The Bertz CT molecular complexity index is 1920. The molecule has 51 heavy (non-hydrogen) atoms. The van der Waals surface area contributed by atoms with Crippen molar-refractivity contribution < 1.29 is 14.7 Å². The van der Waals surface area contributed by atoms with Crippen molar-refractivity contribution in [1.29, 1.82) is 0 Å². The number of para-hydroxylation sites is 3. The molecule has 2 aromatic carbocycles. The number of aromatic nitrogens is 4. The predicted molar refractivity (Wildman–Crippen MR) is 199 cm³/mol. The van der Waals surface area contributed by atoms with E-state index in [-0.39, 0.29) is 28.8 Å². The molecular formula is C38H45N9O3Si. The number of imide groups is 1. The first-order chi connectivity index (χ1) is 24.8. The zero-order chi connectivity index (χ0) is 35.1. The second-order valence-electron chi connectivity index (χ2n) is 14.3. The Morgan fingerprint density at radius 2 is 1.63 bits per heavy atom. The van der Waals surface area contributed by atoms with Crippen molar-refractivity contribution in [2.75, 3.05) is 41.7 Å². The summed E-state index contributed by atoms with van der Waals surface area (Å²) in [5.41, 5.74) is 11.4. The molecule has 4 N–H and O–H groups in total. The number of likely N-dealkylation sites (tertiary alicyclic amines) is 1. The van der Waals surface area contributed by atoms with Gasteiger partial charge in [0.25, 0.3) is 0 Å². The number of carbonyl (C=O) groups is 2. The molecule has 2 saturated heterocycles. The van der Waals surface area contributed by atoms with Crippen LogP contribution in [0.5, 0.6) is 5.75 Å². The first-order valence-corrected chi connectivity index (χ1v) is 19.7. The van der Waals surface area contributed by atoms with Crippen LogP contribution in [-0.2, 0) is 9.59 Å². The molecule has 2 aromatic heterocycles. The van der Waals surface area contributed by atoms with Crippen LogP contribution in [0.25, 0.3) is 22.4 Å². The van der Waals surface area contributed by atoms with Crippen LogP contribution in [0.1, 0.15) is 57.4 Å². The number of hydrogen-bond acceptors (Lipinski definition) is 10. The number of hydrogen-bond donors (Lipinski definition) is 3. The molecule has 0 unspecified atom stereocenters. The van der Waals surface area contributed by atoms with E-state index < -0.39 is 0 Å². The molecule has 12 nitrogen and oxygen atoms in total. The first kappa shape index (κ1) is 33.4. The molecule has 1 atom stereocenters. The van der Waals surface area contributed by atoms with Crippen molar-refractivity contribution in [2.45, 2.75) is 81.2 Å². The molecule has 4 aliphatic rings. The smallest absolute Gasteiger partial charge is 0.249 e. The second kappa shape index (κ2) is 13.8. The number of phenolic OH excluding ortho intramolecular Hbond substituents is 1. The largest absolute Gasteiger partial charge is 0.507 e. The molecule has 264 valence electrons. The van der Waals surface area contributed by atoms with Gasteiger partial charge in [-0.1, -0.05) is 30.8 Å². The Balaban J connectivity index is 0.903. The molecule has 4 aromatic rings. The summed E-state index contributed by atoms with van der Waals surface area (Å²) in [6.45, 7) is 6.13. The lowest BCUT2D eigenvalue weighted by atomic mass is 9.86. The molecule has 0 spiro atoms. The van der Waals surface area contributed by atoms with Gasteiger partial charge in [0.05, 0.1) is 38.8 Å². The lowest BCUT2D eigenvalue weighted by Crippen LogP contribution is -2.62. The van der Waals surface area contributed by atoms with Gasteiger partial charge in [0.2, 0.25) is 11.8 Å². The highest BCUT2D eigenvalue weighted by Crippen LogP contribution is 2.44. The zero-order valence-electron chi connectivity index (χ0n) is 29.0. The van der Waals surface area contributed by atoms with Crippen molar-refractivity contribution in [1.82, 2.24) is 30.2 Å². The van der Waals surface area contributed by atoms with E-state index in [4.69, 9.17) is 10.8 Å². The molecule has 8 rings (SSSR count). The summed E-state index contributed by atoms with van der Waals surface area (Å²) in [7, 11) is 0.789. The Kier molecular flexibility index (Phi) is 9.01. The van der Waals surface area contributed by atoms with Crippen molar-refractivity contribution in [2.24, 2.45) is 0 Å². The number of phenols is 1. The van der Waals surface area contributed by atoms with Crippen LogP contribution >= 0.6 is 0 Å². The number of rotatable bonds is 7. The van der Waals surface area contributed by atoms with Crippen LogP contribution < -0.4 is 20.9 Å². The zero-order valence-corrected chi connectivity index (χ0v) is 30.0. The third-order valence-corrected chi connectivity index (χ3v) is 13.4. The van der Waals surface area contributed by atoms with Crippen LogP contribution in [0.3, 0.4) is 0 Å². The number of nitrogens with two attached hydrogens (primary N) is 1. The van der Waals surface area contributed by atoms with E-state index in [0.717, 1.165) is 78.2 Å². The number of piperidine rings is 2. The van der Waals surface area contributed by atoms with Gasteiger partial charge in [-0.25, -0.2) is 0 Å². The number of aromatic hydroxyl groups is 1. The van der Waals surface area contributed by atoms with Crippen molar-refractivity contribution >= 4 is 38.5 Å².